The minimum atomic E-state index is -1.16. The molecule has 2 amide bonds. The van der Waals surface area contributed by atoms with Crippen molar-refractivity contribution in [2.75, 3.05) is 26.4 Å². The van der Waals surface area contributed by atoms with Gasteiger partial charge in [-0.25, -0.2) is 9.59 Å². The zero-order valence-corrected chi connectivity index (χ0v) is 11.5. The molecule has 1 unspecified atom stereocenters. The van der Waals surface area contributed by atoms with Crippen LogP contribution in [0.1, 0.15) is 32.1 Å². The van der Waals surface area contributed by atoms with E-state index in [2.05, 4.69) is 5.32 Å². The average Bonchev–Trinajstić information content (AvgIpc) is 2.48. The number of nitrogens with zero attached hydrogens (tertiary/aromatic N) is 1. The number of morpholine rings is 1. The van der Waals surface area contributed by atoms with E-state index in [4.69, 9.17) is 4.74 Å². The molecule has 20 heavy (non-hydrogen) atoms. The van der Waals surface area contributed by atoms with Crippen LogP contribution in [-0.4, -0.2) is 65.1 Å². The van der Waals surface area contributed by atoms with E-state index in [-0.39, 0.29) is 13.2 Å². The van der Waals surface area contributed by atoms with E-state index in [9.17, 15) is 19.8 Å². The summed E-state index contributed by atoms with van der Waals surface area (Å²) in [7, 11) is 0. The number of urea groups is 1. The number of hydrogen-bond acceptors (Lipinski definition) is 4. The van der Waals surface area contributed by atoms with Gasteiger partial charge in [-0.3, -0.25) is 0 Å². The molecule has 1 atom stereocenters. The van der Waals surface area contributed by atoms with Crippen molar-refractivity contribution in [1.82, 2.24) is 10.2 Å². The molecule has 0 aromatic heterocycles. The second-order valence-electron chi connectivity index (χ2n) is 5.48. The van der Waals surface area contributed by atoms with Crippen molar-refractivity contribution < 1.29 is 24.5 Å². The van der Waals surface area contributed by atoms with E-state index >= 15 is 0 Å². The first-order chi connectivity index (χ1) is 9.59. The maximum atomic E-state index is 12.3. The molecule has 0 aromatic rings. The second-order valence-corrected chi connectivity index (χ2v) is 5.48. The molecule has 3 N–H and O–H groups in total. The highest BCUT2D eigenvalue weighted by molar-refractivity contribution is 5.86. The topological polar surface area (TPSA) is 99.1 Å². The molecule has 2 aliphatic rings. The number of carboxylic acids is 1. The van der Waals surface area contributed by atoms with Gasteiger partial charge in [0.2, 0.25) is 0 Å². The van der Waals surface area contributed by atoms with Crippen LogP contribution in [0, 0.1) is 0 Å². The van der Waals surface area contributed by atoms with Gasteiger partial charge in [0.25, 0.3) is 0 Å². The smallest absolute Gasteiger partial charge is 0.329 e. The van der Waals surface area contributed by atoms with Crippen LogP contribution >= 0.6 is 0 Å². The summed E-state index contributed by atoms with van der Waals surface area (Å²) in [5, 5.41) is 21.4. The van der Waals surface area contributed by atoms with E-state index in [1.807, 2.05) is 0 Å². The average molecular weight is 286 g/mol. The van der Waals surface area contributed by atoms with Crippen molar-refractivity contribution in [2.45, 2.75) is 43.7 Å². The Bertz CT molecular complexity index is 368. The number of amides is 2. The first-order valence-electron chi connectivity index (χ1n) is 7.10. The second kappa shape index (κ2) is 6.41. The Morgan fingerprint density at radius 2 is 2.00 bits per heavy atom. The van der Waals surface area contributed by atoms with Gasteiger partial charge in [-0.15, -0.1) is 0 Å². The van der Waals surface area contributed by atoms with E-state index in [1.165, 1.54) is 4.90 Å². The van der Waals surface area contributed by atoms with E-state index in [1.54, 1.807) is 0 Å². The minimum Gasteiger partial charge on any atom is -0.480 e. The largest absolute Gasteiger partial charge is 0.480 e. The number of ether oxygens (including phenoxy) is 1. The number of aliphatic hydroxyl groups excluding tert-OH is 1. The molecule has 1 saturated carbocycles. The summed E-state index contributed by atoms with van der Waals surface area (Å²) in [5.41, 5.74) is -1.16. The predicted molar refractivity (Wildman–Crippen MR) is 70.4 cm³/mol. The number of aliphatic hydroxyl groups is 1. The van der Waals surface area contributed by atoms with Gasteiger partial charge >= 0.3 is 12.0 Å². The van der Waals surface area contributed by atoms with Crippen molar-refractivity contribution in [3.8, 4) is 0 Å². The molecular formula is C13H22N2O5. The highest BCUT2D eigenvalue weighted by Crippen LogP contribution is 2.29. The van der Waals surface area contributed by atoms with Crippen LogP contribution in [0.25, 0.3) is 0 Å². The SMILES string of the molecule is O=C(NC1(C(=O)O)CCCCC1)N1CCOCC1CO. The summed E-state index contributed by atoms with van der Waals surface area (Å²) in [6.07, 6.45) is 3.53. The predicted octanol–water partition coefficient (Wildman–Crippen LogP) is 0.177. The van der Waals surface area contributed by atoms with Gasteiger partial charge in [0.1, 0.15) is 5.54 Å². The standard InChI is InChI=1S/C13H22N2O5/c16-8-10-9-20-7-6-15(10)12(19)14-13(11(17)18)4-2-1-3-5-13/h10,16H,1-9H2,(H,14,19)(H,17,18). The van der Waals surface area contributed by atoms with Gasteiger partial charge in [-0.1, -0.05) is 19.3 Å². The molecule has 0 spiro atoms. The van der Waals surface area contributed by atoms with E-state index < -0.39 is 23.6 Å². The summed E-state index contributed by atoms with van der Waals surface area (Å²) >= 11 is 0. The van der Waals surface area contributed by atoms with E-state index in [0.29, 0.717) is 26.0 Å². The van der Waals surface area contributed by atoms with Crippen molar-refractivity contribution >= 4 is 12.0 Å². The third-order valence-corrected chi connectivity index (χ3v) is 4.16. The number of aliphatic carboxylic acids is 1. The first-order valence-corrected chi connectivity index (χ1v) is 7.10. The lowest BCUT2D eigenvalue weighted by atomic mass is 9.82. The number of carbonyl (C=O) groups excluding carboxylic acids is 1. The Balaban J connectivity index is 2.05. The molecule has 7 nitrogen and oxygen atoms in total. The number of carbonyl (C=O) groups is 2. The number of nitrogens with one attached hydrogen (secondary N) is 1. The summed E-state index contributed by atoms with van der Waals surface area (Å²) in [6.45, 7) is 0.869. The summed E-state index contributed by atoms with van der Waals surface area (Å²) < 4.78 is 5.22. The van der Waals surface area contributed by atoms with Crippen molar-refractivity contribution in [3.05, 3.63) is 0 Å². The quantitative estimate of drug-likeness (QED) is 0.687. The maximum absolute atomic E-state index is 12.3. The Morgan fingerprint density at radius 3 is 2.60 bits per heavy atom. The summed E-state index contributed by atoms with van der Waals surface area (Å²) in [4.78, 5) is 25.3. The van der Waals surface area contributed by atoms with Crippen LogP contribution in [0.15, 0.2) is 0 Å². The van der Waals surface area contributed by atoms with Crippen LogP contribution in [0.4, 0.5) is 4.79 Å². The Morgan fingerprint density at radius 1 is 1.30 bits per heavy atom. The van der Waals surface area contributed by atoms with Crippen LogP contribution in [0.3, 0.4) is 0 Å². The maximum Gasteiger partial charge on any atom is 0.329 e. The van der Waals surface area contributed by atoms with Gasteiger partial charge in [-0.2, -0.15) is 0 Å². The van der Waals surface area contributed by atoms with Gasteiger partial charge in [0.05, 0.1) is 25.9 Å². The molecule has 114 valence electrons. The Kier molecular flexibility index (Phi) is 4.82. The third kappa shape index (κ3) is 3.04. The van der Waals surface area contributed by atoms with Gasteiger partial charge in [0, 0.05) is 6.54 Å². The fraction of sp³-hybridized carbons (Fsp3) is 0.846. The van der Waals surface area contributed by atoms with Crippen LogP contribution < -0.4 is 5.32 Å². The summed E-state index contributed by atoms with van der Waals surface area (Å²) in [5.74, 6) is -0.973. The van der Waals surface area contributed by atoms with Crippen LogP contribution in [0.5, 0.6) is 0 Å². The van der Waals surface area contributed by atoms with Crippen molar-refractivity contribution in [2.24, 2.45) is 0 Å². The Hall–Kier alpha value is -1.34. The molecule has 0 bridgehead atoms. The van der Waals surface area contributed by atoms with Gasteiger partial charge in [-0.05, 0) is 12.8 Å². The lowest BCUT2D eigenvalue weighted by Crippen LogP contribution is -2.62. The highest BCUT2D eigenvalue weighted by Gasteiger charge is 2.42. The zero-order chi connectivity index (χ0) is 14.6. The fourth-order valence-electron chi connectivity index (χ4n) is 2.90. The molecule has 7 heteroatoms. The van der Waals surface area contributed by atoms with Crippen molar-refractivity contribution in [3.63, 3.8) is 0 Å². The normalized spacial score (nSPS) is 26.1. The number of rotatable bonds is 3. The lowest BCUT2D eigenvalue weighted by Gasteiger charge is -2.39. The Labute approximate surface area is 117 Å². The minimum absolute atomic E-state index is 0.187. The molecule has 0 radical (unpaired) electrons. The molecular weight excluding hydrogens is 264 g/mol. The fourth-order valence-corrected chi connectivity index (χ4v) is 2.90. The molecule has 1 aliphatic carbocycles. The number of hydrogen-bond donors (Lipinski definition) is 3. The van der Waals surface area contributed by atoms with Crippen LogP contribution in [0.2, 0.25) is 0 Å². The molecule has 1 aliphatic heterocycles. The molecule has 2 fully saturated rings. The first kappa shape index (κ1) is 15.1. The number of carboxylic acid groups (broad SMARTS) is 1. The van der Waals surface area contributed by atoms with Gasteiger partial charge < -0.3 is 25.2 Å². The summed E-state index contributed by atoms with van der Waals surface area (Å²) in [6, 6.07) is -0.824. The van der Waals surface area contributed by atoms with Crippen molar-refractivity contribution in [1.29, 1.82) is 0 Å². The molecule has 1 saturated heterocycles. The van der Waals surface area contributed by atoms with E-state index in [0.717, 1.165) is 19.3 Å². The van der Waals surface area contributed by atoms with Crippen LogP contribution in [-0.2, 0) is 9.53 Å². The lowest BCUT2D eigenvalue weighted by molar-refractivity contribution is -0.146. The molecule has 2 rings (SSSR count). The molecule has 0 aromatic carbocycles. The molecule has 1 heterocycles. The zero-order valence-electron chi connectivity index (χ0n) is 11.5. The highest BCUT2D eigenvalue weighted by atomic mass is 16.5. The monoisotopic (exact) mass is 286 g/mol. The third-order valence-electron chi connectivity index (χ3n) is 4.16. The van der Waals surface area contributed by atoms with Gasteiger partial charge in [0.15, 0.2) is 0 Å².